The first-order chi connectivity index (χ1) is 7.70. The molecule has 2 N–H and O–H groups in total. The first-order valence-corrected chi connectivity index (χ1v) is 4.68. The second kappa shape index (κ2) is 3.92. The molecule has 0 saturated heterocycles. The Morgan fingerprint density at radius 3 is 2.50 bits per heavy atom. The van der Waals surface area contributed by atoms with Crippen LogP contribution in [0, 0.1) is 10.1 Å². The fourth-order valence-corrected chi connectivity index (χ4v) is 1.87. The topological polar surface area (TPSA) is 88.5 Å². The molecule has 1 aromatic heterocycles. The van der Waals surface area contributed by atoms with Crippen molar-refractivity contribution >= 4 is 10.9 Å². The minimum absolute atomic E-state index is 0.119. The molecular weight excluding hydrogens is 212 g/mol. The molecule has 84 valence electrons. The molecule has 2 rings (SSSR count). The number of aliphatic hydroxyl groups is 2. The molecule has 0 amide bonds. The fraction of sp³-hybridized carbons (Fsp3) is 0.200. The summed E-state index contributed by atoms with van der Waals surface area (Å²) in [5, 5.41) is 29.2. The zero-order valence-electron chi connectivity index (χ0n) is 8.33. The summed E-state index contributed by atoms with van der Waals surface area (Å²) in [5.74, 6) is 0. The third kappa shape index (κ3) is 1.36. The first kappa shape index (κ1) is 10.6. The summed E-state index contributed by atoms with van der Waals surface area (Å²) in [6.07, 6.45) is 0. The Hall–Kier alpha value is -1.92. The minimum atomic E-state index is -0.604. The van der Waals surface area contributed by atoms with Crippen molar-refractivity contribution in [1.29, 1.82) is 0 Å². The van der Waals surface area contributed by atoms with E-state index in [-0.39, 0.29) is 12.3 Å². The van der Waals surface area contributed by atoms with E-state index < -0.39 is 11.6 Å². The second-order valence-corrected chi connectivity index (χ2v) is 3.31. The van der Waals surface area contributed by atoms with Crippen LogP contribution in [0.4, 0.5) is 0 Å². The summed E-state index contributed by atoms with van der Waals surface area (Å²) in [6.45, 7) is -0.817. The van der Waals surface area contributed by atoms with E-state index in [0.717, 1.165) is 4.68 Å². The van der Waals surface area contributed by atoms with E-state index in [0.29, 0.717) is 16.5 Å². The Bertz CT molecular complexity index is 547. The third-order valence-corrected chi connectivity index (χ3v) is 2.53. The Balaban J connectivity index is 2.90. The zero-order chi connectivity index (χ0) is 11.7. The Labute approximate surface area is 90.5 Å². The molecule has 0 atom stereocenters. The number of hydrogen-bond acceptors (Lipinski definition) is 4. The van der Waals surface area contributed by atoms with Crippen LogP contribution in [0.1, 0.15) is 11.3 Å². The quantitative estimate of drug-likeness (QED) is 0.590. The van der Waals surface area contributed by atoms with Gasteiger partial charge in [-0.2, -0.15) is 0 Å². The predicted octanol–water partition coefficient (Wildman–Crippen LogP) is 0.666. The van der Waals surface area contributed by atoms with Gasteiger partial charge in [0.05, 0.1) is 13.2 Å². The largest absolute Gasteiger partial charge is 0.392 e. The molecular formula is C10H10N2O4. The molecule has 6 nitrogen and oxygen atoms in total. The van der Waals surface area contributed by atoms with Gasteiger partial charge in [-0.3, -0.25) is 0 Å². The second-order valence-electron chi connectivity index (χ2n) is 3.31. The molecule has 0 aliphatic carbocycles. The summed E-state index contributed by atoms with van der Waals surface area (Å²) < 4.78 is 0.806. The van der Waals surface area contributed by atoms with Gasteiger partial charge in [-0.15, -0.1) is 0 Å². The SMILES string of the molecule is O=[N+]([O-])n1c(CO)c(CO)c2ccccc21. The maximum absolute atomic E-state index is 10.9. The van der Waals surface area contributed by atoms with Gasteiger partial charge in [0.2, 0.25) is 0 Å². The van der Waals surface area contributed by atoms with Gasteiger partial charge in [0, 0.05) is 10.9 Å². The van der Waals surface area contributed by atoms with Crippen LogP contribution in [0.25, 0.3) is 10.9 Å². The lowest BCUT2D eigenvalue weighted by Gasteiger charge is -1.98. The highest BCUT2D eigenvalue weighted by atomic mass is 16.7. The number of rotatable bonds is 3. The van der Waals surface area contributed by atoms with Gasteiger partial charge in [0.1, 0.15) is 11.2 Å². The standard InChI is InChI=1S/C10H10N2O4/c13-5-8-7-3-1-2-4-9(7)11(12(15)16)10(8)6-14/h1-4,13-14H,5-6H2. The number of para-hydroxylation sites is 1. The molecule has 1 heterocycles. The molecule has 0 spiro atoms. The molecule has 2 aromatic rings. The summed E-state index contributed by atoms with van der Waals surface area (Å²) in [4.78, 5) is 10.9. The number of hydrogen-bond donors (Lipinski definition) is 2. The van der Waals surface area contributed by atoms with Gasteiger partial charge < -0.3 is 10.2 Å². The lowest BCUT2D eigenvalue weighted by molar-refractivity contribution is -0.539. The lowest BCUT2D eigenvalue weighted by Crippen LogP contribution is -2.12. The van der Waals surface area contributed by atoms with Gasteiger partial charge in [0.15, 0.2) is 5.03 Å². The van der Waals surface area contributed by atoms with Crippen molar-refractivity contribution in [1.82, 2.24) is 4.68 Å². The average Bonchev–Trinajstić information content (AvgIpc) is 2.62. The Morgan fingerprint density at radius 1 is 1.25 bits per heavy atom. The molecule has 0 saturated carbocycles. The van der Waals surface area contributed by atoms with E-state index in [9.17, 15) is 15.2 Å². The molecule has 0 bridgehead atoms. The number of aromatic nitrogens is 1. The molecule has 0 unspecified atom stereocenters. The van der Waals surface area contributed by atoms with E-state index in [1.807, 2.05) is 0 Å². The Morgan fingerprint density at radius 2 is 1.94 bits per heavy atom. The summed E-state index contributed by atoms with van der Waals surface area (Å²) in [5.41, 5.74) is 0.893. The van der Waals surface area contributed by atoms with Crippen LogP contribution in [-0.2, 0) is 13.2 Å². The number of nitro groups is 1. The summed E-state index contributed by atoms with van der Waals surface area (Å²) in [7, 11) is 0. The fourth-order valence-electron chi connectivity index (χ4n) is 1.87. The molecule has 0 aliphatic heterocycles. The maximum atomic E-state index is 10.9. The monoisotopic (exact) mass is 222 g/mol. The van der Waals surface area contributed by atoms with Crippen LogP contribution in [0.5, 0.6) is 0 Å². The van der Waals surface area contributed by atoms with Crippen molar-refractivity contribution in [3.8, 4) is 0 Å². The van der Waals surface area contributed by atoms with Crippen LogP contribution < -0.4 is 0 Å². The van der Waals surface area contributed by atoms with Gasteiger partial charge in [-0.25, -0.2) is 10.1 Å². The van der Waals surface area contributed by atoms with Crippen molar-refractivity contribution in [3.05, 3.63) is 45.6 Å². The van der Waals surface area contributed by atoms with Gasteiger partial charge in [-0.05, 0) is 6.07 Å². The maximum Gasteiger partial charge on any atom is 0.169 e. The van der Waals surface area contributed by atoms with E-state index in [1.54, 1.807) is 24.3 Å². The summed E-state index contributed by atoms with van der Waals surface area (Å²) >= 11 is 0. The van der Waals surface area contributed by atoms with Crippen LogP contribution in [0.3, 0.4) is 0 Å². The van der Waals surface area contributed by atoms with Crippen LogP contribution in [-0.4, -0.2) is 19.9 Å². The first-order valence-electron chi connectivity index (χ1n) is 4.68. The van der Waals surface area contributed by atoms with Gasteiger partial charge >= 0.3 is 0 Å². The lowest BCUT2D eigenvalue weighted by atomic mass is 10.1. The third-order valence-electron chi connectivity index (χ3n) is 2.53. The highest BCUT2D eigenvalue weighted by Gasteiger charge is 2.21. The zero-order valence-corrected chi connectivity index (χ0v) is 8.33. The normalized spacial score (nSPS) is 10.9. The average molecular weight is 222 g/mol. The van der Waals surface area contributed by atoms with Crippen LogP contribution in [0.2, 0.25) is 0 Å². The molecule has 0 radical (unpaired) electrons. The van der Waals surface area contributed by atoms with Crippen molar-refractivity contribution in [2.45, 2.75) is 13.2 Å². The molecule has 6 heteroatoms. The van der Waals surface area contributed by atoms with Gasteiger partial charge in [-0.1, -0.05) is 22.9 Å². The van der Waals surface area contributed by atoms with E-state index in [1.165, 1.54) is 0 Å². The molecule has 16 heavy (non-hydrogen) atoms. The van der Waals surface area contributed by atoms with E-state index in [4.69, 9.17) is 5.11 Å². The Kier molecular flexibility index (Phi) is 2.59. The molecule has 0 fully saturated rings. The number of fused-ring (bicyclic) bond motifs is 1. The van der Waals surface area contributed by atoms with E-state index in [2.05, 4.69) is 0 Å². The highest BCUT2D eigenvalue weighted by molar-refractivity contribution is 5.85. The van der Waals surface area contributed by atoms with E-state index >= 15 is 0 Å². The summed E-state index contributed by atoms with van der Waals surface area (Å²) in [6, 6.07) is 6.66. The van der Waals surface area contributed by atoms with Crippen molar-refractivity contribution in [2.75, 3.05) is 0 Å². The van der Waals surface area contributed by atoms with Crippen molar-refractivity contribution in [2.24, 2.45) is 0 Å². The number of aliphatic hydroxyl groups excluding tert-OH is 2. The van der Waals surface area contributed by atoms with Crippen LogP contribution >= 0.6 is 0 Å². The van der Waals surface area contributed by atoms with Crippen molar-refractivity contribution in [3.63, 3.8) is 0 Å². The van der Waals surface area contributed by atoms with Crippen LogP contribution in [0.15, 0.2) is 24.3 Å². The molecule has 0 aliphatic rings. The molecule has 1 aromatic carbocycles. The highest BCUT2D eigenvalue weighted by Crippen LogP contribution is 2.26. The predicted molar refractivity (Wildman–Crippen MR) is 56.2 cm³/mol. The van der Waals surface area contributed by atoms with Crippen molar-refractivity contribution < 1.29 is 15.2 Å². The number of nitrogens with zero attached hydrogens (tertiary/aromatic N) is 2. The number of benzene rings is 1. The van der Waals surface area contributed by atoms with Gasteiger partial charge in [0.25, 0.3) is 0 Å². The minimum Gasteiger partial charge on any atom is -0.392 e. The smallest absolute Gasteiger partial charge is 0.169 e.